The Morgan fingerprint density at radius 1 is 1.38 bits per heavy atom. The van der Waals surface area contributed by atoms with Crippen molar-refractivity contribution < 1.29 is 0 Å². The number of anilines is 1. The first kappa shape index (κ1) is 11.9. The van der Waals surface area contributed by atoms with Gasteiger partial charge in [0, 0.05) is 24.6 Å². The molecule has 16 heavy (non-hydrogen) atoms. The molecule has 2 unspecified atom stereocenters. The summed E-state index contributed by atoms with van der Waals surface area (Å²) in [6.45, 7) is 6.97. The molecule has 3 heteroatoms. The molecule has 0 saturated carbocycles. The highest BCUT2D eigenvalue weighted by Crippen LogP contribution is 2.25. The molecule has 1 aliphatic heterocycles. The van der Waals surface area contributed by atoms with Gasteiger partial charge in [-0.15, -0.1) is 0 Å². The van der Waals surface area contributed by atoms with Crippen LogP contribution in [0.3, 0.4) is 0 Å². The topological polar surface area (TPSA) is 16.1 Å². The van der Waals surface area contributed by atoms with Crippen LogP contribution in [0.1, 0.15) is 25.8 Å². The maximum absolute atomic E-state index is 4.53. The van der Waals surface area contributed by atoms with Crippen molar-refractivity contribution in [1.82, 2.24) is 4.98 Å². The zero-order valence-corrected chi connectivity index (χ0v) is 11.6. The molecule has 0 amide bonds. The Kier molecular flexibility index (Phi) is 3.85. The van der Waals surface area contributed by atoms with E-state index in [2.05, 4.69) is 51.8 Å². The first-order valence-corrected chi connectivity index (χ1v) is 7.08. The second kappa shape index (κ2) is 5.17. The summed E-state index contributed by atoms with van der Waals surface area (Å²) in [5.74, 6) is 2.74. The van der Waals surface area contributed by atoms with E-state index in [9.17, 15) is 0 Å². The minimum atomic E-state index is 0.770. The van der Waals surface area contributed by atoms with Gasteiger partial charge in [-0.1, -0.05) is 35.8 Å². The highest BCUT2D eigenvalue weighted by molar-refractivity contribution is 9.08. The summed E-state index contributed by atoms with van der Waals surface area (Å²) in [5, 5.41) is 0.883. The lowest BCUT2D eigenvalue weighted by atomic mass is 9.89. The van der Waals surface area contributed by atoms with E-state index >= 15 is 0 Å². The maximum Gasteiger partial charge on any atom is 0.128 e. The van der Waals surface area contributed by atoms with Crippen LogP contribution in [0.2, 0.25) is 0 Å². The van der Waals surface area contributed by atoms with Gasteiger partial charge < -0.3 is 4.90 Å². The molecular weight excluding hydrogens is 264 g/mol. The predicted molar refractivity (Wildman–Crippen MR) is 72.0 cm³/mol. The van der Waals surface area contributed by atoms with Crippen molar-refractivity contribution in [2.45, 2.75) is 25.6 Å². The van der Waals surface area contributed by atoms with Crippen LogP contribution in [0.25, 0.3) is 0 Å². The minimum Gasteiger partial charge on any atom is -0.356 e. The van der Waals surface area contributed by atoms with Crippen LogP contribution in [-0.4, -0.2) is 18.1 Å². The average Bonchev–Trinajstić information content (AvgIpc) is 2.33. The molecule has 0 bridgehead atoms. The highest BCUT2D eigenvalue weighted by Gasteiger charge is 2.23. The summed E-state index contributed by atoms with van der Waals surface area (Å²) in [6, 6.07) is 4.29. The molecule has 2 atom stereocenters. The molecule has 0 aliphatic carbocycles. The summed E-state index contributed by atoms with van der Waals surface area (Å²) >= 11 is 3.44. The number of piperidine rings is 1. The molecule has 2 nitrogen and oxygen atoms in total. The molecule has 0 aromatic carbocycles. The van der Waals surface area contributed by atoms with Crippen molar-refractivity contribution in [2.75, 3.05) is 18.0 Å². The normalized spacial score (nSPS) is 25.8. The summed E-state index contributed by atoms with van der Waals surface area (Å²) in [5.41, 5.74) is 1.24. The Labute approximate surface area is 106 Å². The molecule has 1 aliphatic rings. The summed E-state index contributed by atoms with van der Waals surface area (Å²) in [7, 11) is 0. The van der Waals surface area contributed by atoms with Crippen LogP contribution >= 0.6 is 15.9 Å². The van der Waals surface area contributed by atoms with Gasteiger partial charge >= 0.3 is 0 Å². The van der Waals surface area contributed by atoms with E-state index in [1.807, 2.05) is 6.20 Å². The van der Waals surface area contributed by atoms with Gasteiger partial charge in [0.05, 0.1) is 0 Å². The van der Waals surface area contributed by atoms with E-state index in [1.165, 1.54) is 12.0 Å². The number of halogens is 1. The fourth-order valence-corrected chi connectivity index (χ4v) is 2.49. The Balaban J connectivity index is 2.06. The molecule has 2 rings (SSSR count). The van der Waals surface area contributed by atoms with Crippen molar-refractivity contribution >= 4 is 21.7 Å². The van der Waals surface area contributed by atoms with Gasteiger partial charge in [0.15, 0.2) is 0 Å². The fraction of sp³-hybridized carbons (Fsp3) is 0.615. The second-order valence-corrected chi connectivity index (χ2v) is 5.41. The first-order valence-electron chi connectivity index (χ1n) is 5.96. The van der Waals surface area contributed by atoms with E-state index in [-0.39, 0.29) is 0 Å². The Hall–Kier alpha value is -0.570. The SMILES string of the molecule is CC1CCN(c2ccc(CBr)cn2)CC1C. The van der Waals surface area contributed by atoms with Crippen LogP contribution in [0.4, 0.5) is 5.82 Å². The van der Waals surface area contributed by atoms with Gasteiger partial charge in [-0.05, 0) is 29.9 Å². The van der Waals surface area contributed by atoms with Crippen LogP contribution < -0.4 is 4.90 Å². The Bertz CT molecular complexity index is 336. The van der Waals surface area contributed by atoms with E-state index in [1.54, 1.807) is 0 Å². The van der Waals surface area contributed by atoms with Gasteiger partial charge in [0.25, 0.3) is 0 Å². The zero-order chi connectivity index (χ0) is 11.5. The van der Waals surface area contributed by atoms with Gasteiger partial charge in [0.2, 0.25) is 0 Å². The third kappa shape index (κ3) is 2.57. The number of pyridine rings is 1. The summed E-state index contributed by atoms with van der Waals surface area (Å²) in [4.78, 5) is 6.93. The molecule has 1 aromatic heterocycles. The van der Waals surface area contributed by atoms with Crippen molar-refractivity contribution in [3.63, 3.8) is 0 Å². The molecule has 0 spiro atoms. The third-order valence-electron chi connectivity index (χ3n) is 3.62. The standard InChI is InChI=1S/C13H19BrN2/c1-10-5-6-16(9-11(10)2)13-4-3-12(7-14)8-15-13/h3-4,8,10-11H,5-7,9H2,1-2H3. The smallest absolute Gasteiger partial charge is 0.128 e. The quantitative estimate of drug-likeness (QED) is 0.773. The lowest BCUT2D eigenvalue weighted by Crippen LogP contribution is -2.38. The largest absolute Gasteiger partial charge is 0.356 e. The lowest BCUT2D eigenvalue weighted by molar-refractivity contribution is 0.323. The fourth-order valence-electron chi connectivity index (χ4n) is 2.15. The summed E-state index contributed by atoms with van der Waals surface area (Å²) < 4.78 is 0. The second-order valence-electron chi connectivity index (χ2n) is 4.85. The Morgan fingerprint density at radius 3 is 2.75 bits per heavy atom. The first-order chi connectivity index (χ1) is 7.70. The van der Waals surface area contributed by atoms with Crippen LogP contribution in [-0.2, 0) is 5.33 Å². The molecule has 1 aromatic rings. The number of alkyl halides is 1. The van der Waals surface area contributed by atoms with E-state index in [0.717, 1.165) is 36.1 Å². The van der Waals surface area contributed by atoms with Gasteiger partial charge in [-0.2, -0.15) is 0 Å². The molecular formula is C13H19BrN2. The van der Waals surface area contributed by atoms with Gasteiger partial charge in [0.1, 0.15) is 5.82 Å². The Morgan fingerprint density at radius 2 is 2.19 bits per heavy atom. The van der Waals surface area contributed by atoms with Crippen LogP contribution in [0.5, 0.6) is 0 Å². The molecule has 0 N–H and O–H groups in total. The van der Waals surface area contributed by atoms with E-state index in [0.29, 0.717) is 0 Å². The molecule has 88 valence electrons. The third-order valence-corrected chi connectivity index (χ3v) is 4.27. The molecule has 1 fully saturated rings. The zero-order valence-electron chi connectivity index (χ0n) is 9.99. The highest BCUT2D eigenvalue weighted by atomic mass is 79.9. The van der Waals surface area contributed by atoms with E-state index in [4.69, 9.17) is 0 Å². The number of hydrogen-bond donors (Lipinski definition) is 0. The monoisotopic (exact) mass is 282 g/mol. The molecule has 0 radical (unpaired) electrons. The maximum atomic E-state index is 4.53. The van der Waals surface area contributed by atoms with Gasteiger partial charge in [-0.25, -0.2) is 4.98 Å². The molecule has 2 heterocycles. The molecule has 1 saturated heterocycles. The van der Waals surface area contributed by atoms with Crippen LogP contribution in [0, 0.1) is 11.8 Å². The van der Waals surface area contributed by atoms with Crippen molar-refractivity contribution in [3.05, 3.63) is 23.9 Å². The summed E-state index contributed by atoms with van der Waals surface area (Å²) in [6.07, 6.45) is 3.25. The van der Waals surface area contributed by atoms with Crippen molar-refractivity contribution in [2.24, 2.45) is 11.8 Å². The van der Waals surface area contributed by atoms with Crippen molar-refractivity contribution in [3.8, 4) is 0 Å². The van der Waals surface area contributed by atoms with Crippen LogP contribution in [0.15, 0.2) is 18.3 Å². The van der Waals surface area contributed by atoms with Crippen molar-refractivity contribution in [1.29, 1.82) is 0 Å². The predicted octanol–water partition coefficient (Wildman–Crippen LogP) is 3.46. The van der Waals surface area contributed by atoms with E-state index < -0.39 is 0 Å². The van der Waals surface area contributed by atoms with Gasteiger partial charge in [-0.3, -0.25) is 0 Å². The lowest BCUT2D eigenvalue weighted by Gasteiger charge is -2.36. The number of hydrogen-bond acceptors (Lipinski definition) is 2. The number of nitrogens with zero attached hydrogens (tertiary/aromatic N) is 2. The number of aromatic nitrogens is 1. The minimum absolute atomic E-state index is 0.770. The average molecular weight is 283 g/mol. The number of rotatable bonds is 2.